The molecule has 0 atom stereocenters. The molecule has 1 aromatic rings. The Labute approximate surface area is 126 Å². The molecule has 1 aromatic carbocycles. The average Bonchev–Trinajstić information content (AvgIpc) is 2.38. The highest BCUT2D eigenvalue weighted by atomic mass is 79.9. The van der Waals surface area contributed by atoms with Crippen LogP contribution in [0, 0.1) is 5.82 Å². The van der Waals surface area contributed by atoms with Crippen LogP contribution in [-0.2, 0) is 10.9 Å². The molecule has 1 heterocycles. The molecule has 0 aromatic heterocycles. The van der Waals surface area contributed by atoms with Gasteiger partial charge in [-0.1, -0.05) is 0 Å². The Balaban J connectivity index is 2.27. The minimum atomic E-state index is -4.85. The van der Waals surface area contributed by atoms with E-state index in [0.717, 1.165) is 6.07 Å². The van der Waals surface area contributed by atoms with Crippen LogP contribution in [0.15, 0.2) is 16.6 Å². The minimum absolute atomic E-state index is 0.0161. The average molecular weight is 370 g/mol. The Hall–Kier alpha value is -1.15. The van der Waals surface area contributed by atoms with Crippen LogP contribution in [0.4, 0.5) is 17.6 Å². The number of amides is 1. The summed E-state index contributed by atoms with van der Waals surface area (Å²) >= 11 is 2.92. The summed E-state index contributed by atoms with van der Waals surface area (Å²) in [5.41, 5.74) is -2.08. The molecule has 0 spiro atoms. The van der Waals surface area contributed by atoms with Crippen molar-refractivity contribution >= 4 is 21.8 Å². The number of alkyl halides is 3. The number of rotatable bonds is 2. The van der Waals surface area contributed by atoms with Crippen molar-refractivity contribution in [3.05, 3.63) is 33.5 Å². The zero-order chi connectivity index (χ0) is 15.6. The van der Waals surface area contributed by atoms with Crippen LogP contribution in [0.25, 0.3) is 0 Å². The van der Waals surface area contributed by atoms with Crippen molar-refractivity contribution in [2.24, 2.45) is 0 Å². The van der Waals surface area contributed by atoms with Gasteiger partial charge in [0, 0.05) is 23.7 Å². The van der Waals surface area contributed by atoms with Crippen molar-refractivity contribution in [3.8, 4) is 0 Å². The van der Waals surface area contributed by atoms with E-state index in [9.17, 15) is 22.4 Å². The molecule has 1 saturated heterocycles. The standard InChI is InChI=1S/C13H12BrF4NO2/c14-9-2-1-8(13(16,17)18)11(15)10(9)12(20)19-7-3-5-21-6-4-7/h1-2,7H,3-6H2,(H,19,20). The third kappa shape index (κ3) is 3.74. The molecule has 1 N–H and O–H groups in total. The van der Waals surface area contributed by atoms with E-state index in [1.54, 1.807) is 0 Å². The van der Waals surface area contributed by atoms with E-state index < -0.39 is 29.0 Å². The van der Waals surface area contributed by atoms with Crippen molar-refractivity contribution in [2.75, 3.05) is 13.2 Å². The third-order valence-electron chi connectivity index (χ3n) is 3.18. The SMILES string of the molecule is O=C(NC1CCOCC1)c1c(Br)ccc(C(F)(F)F)c1F. The Morgan fingerprint density at radius 2 is 1.90 bits per heavy atom. The van der Waals surface area contributed by atoms with Crippen LogP contribution in [-0.4, -0.2) is 25.2 Å². The molecular formula is C13H12BrF4NO2. The maximum Gasteiger partial charge on any atom is 0.419 e. The van der Waals surface area contributed by atoms with Gasteiger partial charge in [0.1, 0.15) is 5.82 Å². The molecule has 8 heteroatoms. The quantitative estimate of drug-likeness (QED) is 0.810. The number of halogens is 5. The molecule has 1 amide bonds. The Kier molecular flexibility index (Phi) is 4.88. The summed E-state index contributed by atoms with van der Waals surface area (Å²) in [7, 11) is 0. The molecule has 0 saturated carbocycles. The van der Waals surface area contributed by atoms with Crippen molar-refractivity contribution in [2.45, 2.75) is 25.1 Å². The van der Waals surface area contributed by atoms with E-state index in [1.165, 1.54) is 0 Å². The van der Waals surface area contributed by atoms with Crippen molar-refractivity contribution < 1.29 is 27.1 Å². The lowest BCUT2D eigenvalue weighted by molar-refractivity contribution is -0.140. The normalized spacial score (nSPS) is 16.8. The van der Waals surface area contributed by atoms with Gasteiger partial charge in [0.25, 0.3) is 5.91 Å². The smallest absolute Gasteiger partial charge is 0.381 e. The van der Waals surface area contributed by atoms with E-state index in [1.807, 2.05) is 0 Å². The lowest BCUT2D eigenvalue weighted by atomic mass is 10.1. The number of hydrogen-bond acceptors (Lipinski definition) is 2. The summed E-state index contributed by atoms with van der Waals surface area (Å²) in [5.74, 6) is -2.43. The van der Waals surface area contributed by atoms with E-state index in [-0.39, 0.29) is 10.5 Å². The lowest BCUT2D eigenvalue weighted by Crippen LogP contribution is -2.39. The fourth-order valence-corrected chi connectivity index (χ4v) is 2.57. The van der Waals surface area contributed by atoms with E-state index in [0.29, 0.717) is 32.1 Å². The molecule has 0 unspecified atom stereocenters. The molecule has 1 fully saturated rings. The molecule has 116 valence electrons. The first kappa shape index (κ1) is 16.2. The van der Waals surface area contributed by atoms with Crippen molar-refractivity contribution in [1.29, 1.82) is 0 Å². The van der Waals surface area contributed by atoms with E-state index in [2.05, 4.69) is 21.2 Å². The lowest BCUT2D eigenvalue weighted by Gasteiger charge is -2.23. The van der Waals surface area contributed by atoms with E-state index >= 15 is 0 Å². The largest absolute Gasteiger partial charge is 0.419 e. The second-order valence-electron chi connectivity index (χ2n) is 4.64. The maximum absolute atomic E-state index is 14.0. The highest BCUT2D eigenvalue weighted by molar-refractivity contribution is 9.10. The number of nitrogens with one attached hydrogen (secondary N) is 1. The first-order valence-electron chi connectivity index (χ1n) is 6.24. The van der Waals surface area contributed by atoms with Gasteiger partial charge >= 0.3 is 6.18 Å². The van der Waals surface area contributed by atoms with Crippen LogP contribution in [0.5, 0.6) is 0 Å². The van der Waals surface area contributed by atoms with Gasteiger partial charge in [0.05, 0.1) is 11.1 Å². The topological polar surface area (TPSA) is 38.3 Å². The van der Waals surface area contributed by atoms with Gasteiger partial charge in [-0.2, -0.15) is 13.2 Å². The molecule has 2 rings (SSSR count). The van der Waals surface area contributed by atoms with Crippen LogP contribution < -0.4 is 5.32 Å². The summed E-state index contributed by atoms with van der Waals surface area (Å²) in [4.78, 5) is 12.0. The molecule has 1 aliphatic rings. The zero-order valence-corrected chi connectivity index (χ0v) is 12.4. The predicted molar refractivity (Wildman–Crippen MR) is 70.4 cm³/mol. The van der Waals surface area contributed by atoms with Gasteiger partial charge in [-0.25, -0.2) is 4.39 Å². The number of benzene rings is 1. The molecule has 1 aliphatic heterocycles. The predicted octanol–water partition coefficient (Wildman–Crippen LogP) is 3.52. The fourth-order valence-electron chi connectivity index (χ4n) is 2.08. The van der Waals surface area contributed by atoms with Crippen LogP contribution in [0.1, 0.15) is 28.8 Å². The summed E-state index contributed by atoms with van der Waals surface area (Å²) < 4.78 is 57.1. The first-order valence-corrected chi connectivity index (χ1v) is 7.04. The number of carbonyl (C=O) groups is 1. The number of ether oxygens (including phenoxy) is 1. The van der Waals surface area contributed by atoms with Crippen LogP contribution in [0.3, 0.4) is 0 Å². The Morgan fingerprint density at radius 1 is 1.29 bits per heavy atom. The molecular weight excluding hydrogens is 358 g/mol. The molecule has 0 bridgehead atoms. The summed E-state index contributed by atoms with van der Waals surface area (Å²) in [6.07, 6.45) is -3.76. The molecule has 0 radical (unpaired) electrons. The van der Waals surface area contributed by atoms with Gasteiger partial charge in [0.2, 0.25) is 0 Å². The Bertz CT molecular complexity index is 542. The third-order valence-corrected chi connectivity index (χ3v) is 3.84. The highest BCUT2D eigenvalue weighted by Crippen LogP contribution is 2.35. The van der Waals surface area contributed by atoms with Gasteiger partial charge in [0.15, 0.2) is 0 Å². The number of hydrogen-bond donors (Lipinski definition) is 1. The molecule has 0 aliphatic carbocycles. The summed E-state index contributed by atoms with van der Waals surface area (Å²) in [6.45, 7) is 0.911. The van der Waals surface area contributed by atoms with Gasteiger partial charge in [-0.05, 0) is 40.9 Å². The molecule has 21 heavy (non-hydrogen) atoms. The van der Waals surface area contributed by atoms with E-state index in [4.69, 9.17) is 4.74 Å². The molecule has 3 nitrogen and oxygen atoms in total. The monoisotopic (exact) mass is 369 g/mol. The van der Waals surface area contributed by atoms with Gasteiger partial charge in [-0.15, -0.1) is 0 Å². The highest BCUT2D eigenvalue weighted by Gasteiger charge is 2.36. The van der Waals surface area contributed by atoms with Gasteiger partial charge in [-0.3, -0.25) is 4.79 Å². The second kappa shape index (κ2) is 6.31. The van der Waals surface area contributed by atoms with Gasteiger partial charge < -0.3 is 10.1 Å². The number of carbonyl (C=O) groups excluding carboxylic acids is 1. The fraction of sp³-hybridized carbons (Fsp3) is 0.462. The zero-order valence-electron chi connectivity index (χ0n) is 10.8. The Morgan fingerprint density at radius 3 is 2.48 bits per heavy atom. The maximum atomic E-state index is 14.0. The van der Waals surface area contributed by atoms with Crippen molar-refractivity contribution in [3.63, 3.8) is 0 Å². The second-order valence-corrected chi connectivity index (χ2v) is 5.50. The minimum Gasteiger partial charge on any atom is -0.381 e. The van der Waals surface area contributed by atoms with Crippen molar-refractivity contribution in [1.82, 2.24) is 5.32 Å². The van der Waals surface area contributed by atoms with Crippen LogP contribution in [0.2, 0.25) is 0 Å². The summed E-state index contributed by atoms with van der Waals surface area (Å²) in [5, 5.41) is 2.54. The first-order chi connectivity index (χ1) is 9.80. The summed E-state index contributed by atoms with van der Waals surface area (Å²) in [6, 6.07) is 1.39. The van der Waals surface area contributed by atoms with Crippen LogP contribution >= 0.6 is 15.9 Å².